The van der Waals surface area contributed by atoms with Crippen molar-refractivity contribution < 1.29 is 66.5 Å². The molecule has 0 saturated carbocycles. The molecule has 0 aromatic heterocycles. The average Bonchev–Trinajstić information content (AvgIpc) is 3.40. The van der Waals surface area contributed by atoms with Crippen LogP contribution in [0.3, 0.4) is 0 Å². The number of rotatable bonds is 32. The molecule has 2 amide bonds. The van der Waals surface area contributed by atoms with Crippen LogP contribution in [0.4, 0.5) is 0 Å². The second-order valence-electron chi connectivity index (χ2n) is 10.6. The fraction of sp³-hybridized carbons (Fsp3) is 0.556. The predicted molar refractivity (Wildman–Crippen MR) is 181 cm³/mol. The summed E-state index contributed by atoms with van der Waals surface area (Å²) in [5.41, 5.74) is 1.16. The van der Waals surface area contributed by atoms with Crippen LogP contribution < -0.4 is 0 Å². The minimum Gasteiger partial charge on any atom is -0.457 e. The van der Waals surface area contributed by atoms with Gasteiger partial charge >= 0.3 is 5.97 Å². The molecule has 1 heterocycles. The van der Waals surface area contributed by atoms with E-state index in [9.17, 15) is 19.2 Å². The first-order valence-corrected chi connectivity index (χ1v) is 17.0. The van der Waals surface area contributed by atoms with Gasteiger partial charge in [0.05, 0.1) is 137 Å². The molecule has 0 unspecified atom stereocenters. The van der Waals surface area contributed by atoms with Crippen molar-refractivity contribution in [3.63, 3.8) is 0 Å². The molecule has 0 radical (unpaired) electrons. The lowest BCUT2D eigenvalue weighted by molar-refractivity contribution is -0.139. The van der Waals surface area contributed by atoms with E-state index in [1.165, 1.54) is 4.90 Å². The van der Waals surface area contributed by atoms with E-state index in [1.54, 1.807) is 54.6 Å². The first-order valence-electron chi connectivity index (χ1n) is 17.0. The van der Waals surface area contributed by atoms with E-state index < -0.39 is 11.8 Å². The number of hydrogen-bond donors (Lipinski definition) is 0. The lowest BCUT2D eigenvalue weighted by atomic mass is 10.1. The standard InChI is InChI=1S/C36H49NO14/c38-33(30-6-2-1-3-7-30)36(41)51-29-28-50-27-26-49-25-24-48-23-22-47-21-20-46-19-18-45-17-16-44-15-14-43-13-12-42-11-10-37-34(39)31-8-4-5-9-32(31)35(37)40/h1-9H,10-29H2. The van der Waals surface area contributed by atoms with Crippen molar-refractivity contribution in [1.29, 1.82) is 0 Å². The quantitative estimate of drug-likeness (QED) is 0.0354. The summed E-state index contributed by atoms with van der Waals surface area (Å²) in [7, 11) is 0. The number of carbonyl (C=O) groups excluding carboxylic acids is 4. The van der Waals surface area contributed by atoms with Crippen LogP contribution in [-0.2, 0) is 52.2 Å². The Labute approximate surface area is 298 Å². The third-order valence-corrected chi connectivity index (χ3v) is 7.00. The molecule has 0 aliphatic carbocycles. The van der Waals surface area contributed by atoms with Crippen molar-refractivity contribution in [3.05, 3.63) is 71.3 Å². The smallest absolute Gasteiger partial charge is 0.379 e. The number of hydrogen-bond acceptors (Lipinski definition) is 14. The number of benzene rings is 2. The van der Waals surface area contributed by atoms with Gasteiger partial charge < -0.3 is 47.4 Å². The Morgan fingerprint density at radius 1 is 0.412 bits per heavy atom. The molecule has 2 aromatic carbocycles. The van der Waals surface area contributed by atoms with Gasteiger partial charge in [-0.05, 0) is 12.1 Å². The van der Waals surface area contributed by atoms with Gasteiger partial charge in [-0.25, -0.2) is 4.79 Å². The van der Waals surface area contributed by atoms with Crippen LogP contribution in [0, 0.1) is 0 Å². The number of Topliss-reactive ketones (excluding diaryl/α,β-unsaturated/α-hetero) is 1. The molecule has 51 heavy (non-hydrogen) atoms. The zero-order valence-electron chi connectivity index (χ0n) is 29.0. The summed E-state index contributed by atoms with van der Waals surface area (Å²) in [6, 6.07) is 15.0. The molecule has 3 rings (SSSR count). The maximum absolute atomic E-state index is 12.3. The van der Waals surface area contributed by atoms with Crippen molar-refractivity contribution in [2.45, 2.75) is 0 Å². The van der Waals surface area contributed by atoms with Gasteiger partial charge in [-0.2, -0.15) is 0 Å². The first kappa shape index (κ1) is 41.8. The largest absolute Gasteiger partial charge is 0.457 e. The molecule has 0 saturated heterocycles. The molecule has 0 spiro atoms. The van der Waals surface area contributed by atoms with E-state index in [0.717, 1.165) is 0 Å². The Kier molecular flexibility index (Phi) is 22.2. The third kappa shape index (κ3) is 17.4. The summed E-state index contributed by atoms with van der Waals surface area (Å²) in [6.07, 6.45) is 0. The van der Waals surface area contributed by atoms with Crippen LogP contribution in [0.15, 0.2) is 54.6 Å². The maximum atomic E-state index is 12.3. The highest BCUT2D eigenvalue weighted by Gasteiger charge is 2.34. The van der Waals surface area contributed by atoms with Gasteiger partial charge in [0.15, 0.2) is 0 Å². The Morgan fingerprint density at radius 2 is 0.725 bits per heavy atom. The van der Waals surface area contributed by atoms with Crippen LogP contribution in [0.1, 0.15) is 31.1 Å². The monoisotopic (exact) mass is 719 g/mol. The molecule has 0 bridgehead atoms. The summed E-state index contributed by atoms with van der Waals surface area (Å²) < 4.78 is 53.9. The van der Waals surface area contributed by atoms with Crippen molar-refractivity contribution >= 4 is 23.6 Å². The van der Waals surface area contributed by atoms with Gasteiger partial charge in [0.25, 0.3) is 17.6 Å². The lowest BCUT2D eigenvalue weighted by Gasteiger charge is -2.13. The molecular weight excluding hydrogens is 670 g/mol. The van der Waals surface area contributed by atoms with Crippen molar-refractivity contribution in [2.24, 2.45) is 0 Å². The summed E-state index contributed by atoms with van der Waals surface area (Å²) in [5, 5.41) is 0. The average molecular weight is 720 g/mol. The molecule has 0 fully saturated rings. The number of fused-ring (bicyclic) bond motifs is 1. The van der Waals surface area contributed by atoms with Crippen molar-refractivity contribution in [3.8, 4) is 0 Å². The fourth-order valence-electron chi connectivity index (χ4n) is 4.43. The Hall–Kier alpha value is -3.64. The minimum absolute atomic E-state index is 0.0113. The Morgan fingerprint density at radius 3 is 1.10 bits per heavy atom. The number of amides is 2. The topological polar surface area (TPSA) is 164 Å². The zero-order valence-corrected chi connectivity index (χ0v) is 29.0. The second-order valence-corrected chi connectivity index (χ2v) is 10.6. The summed E-state index contributed by atoms with van der Waals surface area (Å²) in [6.45, 7) is 7.33. The Bertz CT molecular complexity index is 1240. The SMILES string of the molecule is O=C(OCCOCCOCCOCCOCCOCCOCCOCCOCCOCCN1C(=O)c2ccccc2C1=O)C(=O)c1ccccc1. The van der Waals surface area contributed by atoms with Crippen LogP contribution >= 0.6 is 0 Å². The van der Waals surface area contributed by atoms with E-state index in [2.05, 4.69) is 0 Å². The highest BCUT2D eigenvalue weighted by molar-refractivity contribution is 6.40. The van der Waals surface area contributed by atoms with E-state index in [4.69, 9.17) is 47.4 Å². The molecule has 1 aliphatic heterocycles. The minimum atomic E-state index is -0.904. The molecule has 2 aromatic rings. The van der Waals surface area contributed by atoms with Crippen LogP contribution in [0.25, 0.3) is 0 Å². The number of imide groups is 1. The number of nitrogens with zero attached hydrogens (tertiary/aromatic N) is 1. The molecule has 15 nitrogen and oxygen atoms in total. The zero-order chi connectivity index (χ0) is 36.2. The van der Waals surface area contributed by atoms with E-state index >= 15 is 0 Å². The van der Waals surface area contributed by atoms with Gasteiger partial charge in [-0.15, -0.1) is 0 Å². The third-order valence-electron chi connectivity index (χ3n) is 7.00. The predicted octanol–water partition coefficient (Wildman–Crippen LogP) is 1.86. The lowest BCUT2D eigenvalue weighted by Crippen LogP contribution is -2.33. The number of ketones is 1. The first-order chi connectivity index (χ1) is 25.1. The van der Waals surface area contributed by atoms with Gasteiger partial charge in [0.1, 0.15) is 6.61 Å². The summed E-state index contributed by atoms with van der Waals surface area (Å²) in [5.74, 6) is -2.16. The summed E-state index contributed by atoms with van der Waals surface area (Å²) >= 11 is 0. The van der Waals surface area contributed by atoms with E-state index in [1.807, 2.05) is 0 Å². The highest BCUT2D eigenvalue weighted by Crippen LogP contribution is 2.21. The van der Waals surface area contributed by atoms with E-state index in [0.29, 0.717) is 117 Å². The number of esters is 1. The van der Waals surface area contributed by atoms with Gasteiger partial charge in [-0.3, -0.25) is 19.3 Å². The number of carbonyl (C=O) groups is 4. The number of ether oxygens (including phenoxy) is 10. The van der Waals surface area contributed by atoms with Gasteiger partial charge in [0.2, 0.25) is 0 Å². The molecule has 1 aliphatic rings. The van der Waals surface area contributed by atoms with Crippen LogP contribution in [0.5, 0.6) is 0 Å². The van der Waals surface area contributed by atoms with Crippen LogP contribution in [0.2, 0.25) is 0 Å². The maximum Gasteiger partial charge on any atom is 0.379 e. The fourth-order valence-corrected chi connectivity index (χ4v) is 4.43. The molecular formula is C36H49NO14. The van der Waals surface area contributed by atoms with Crippen LogP contribution in [-0.4, -0.2) is 161 Å². The Balaban J connectivity index is 0.939. The second kappa shape index (κ2) is 27.1. The molecule has 282 valence electrons. The summed E-state index contributed by atoms with van der Waals surface area (Å²) in [4.78, 5) is 49.4. The van der Waals surface area contributed by atoms with E-state index in [-0.39, 0.29) is 43.7 Å². The normalized spacial score (nSPS) is 12.4. The highest BCUT2D eigenvalue weighted by atomic mass is 16.6. The molecule has 0 atom stereocenters. The van der Waals surface area contributed by atoms with Gasteiger partial charge in [-0.1, -0.05) is 42.5 Å². The molecule has 0 N–H and O–H groups in total. The van der Waals surface area contributed by atoms with Crippen molar-refractivity contribution in [2.75, 3.05) is 132 Å². The van der Waals surface area contributed by atoms with Crippen molar-refractivity contribution in [1.82, 2.24) is 4.90 Å². The van der Waals surface area contributed by atoms with Gasteiger partial charge in [0, 0.05) is 5.56 Å². The molecule has 15 heteroatoms.